The number of nitro groups is 1. The molecule has 1 aromatic heterocycles. The van der Waals surface area contributed by atoms with E-state index in [1.54, 1.807) is 0 Å². The topological polar surface area (TPSA) is 97.2 Å². The summed E-state index contributed by atoms with van der Waals surface area (Å²) in [5.74, 6) is -0.507. The molecule has 20 heavy (non-hydrogen) atoms. The molecule has 0 saturated heterocycles. The van der Waals surface area contributed by atoms with Crippen LogP contribution in [0.4, 0.5) is 5.69 Å². The van der Waals surface area contributed by atoms with Gasteiger partial charge in [0.25, 0.3) is 11.6 Å². The van der Waals surface area contributed by atoms with Crippen molar-refractivity contribution in [1.29, 1.82) is 0 Å². The number of hydrogen-bond acceptors (Lipinski definition) is 5. The van der Waals surface area contributed by atoms with E-state index < -0.39 is 10.8 Å². The molecule has 0 spiro atoms. The van der Waals surface area contributed by atoms with Gasteiger partial charge in [0.05, 0.1) is 4.92 Å². The number of halogens is 1. The number of aromatic nitrogens is 1. The van der Waals surface area contributed by atoms with Crippen LogP contribution < -0.4 is 10.6 Å². The Hall–Kier alpha value is -1.73. The summed E-state index contributed by atoms with van der Waals surface area (Å²) in [6.45, 7) is 1.28. The lowest BCUT2D eigenvalue weighted by Gasteiger charge is -2.06. The Kier molecular flexibility index (Phi) is 4.86. The lowest BCUT2D eigenvalue weighted by molar-refractivity contribution is -0.385. The predicted octanol–water partition coefficient (Wildman–Crippen LogP) is 1.52. The number of carbonyl (C=O) groups is 1. The molecule has 7 nitrogen and oxygen atoms in total. The minimum atomic E-state index is -0.646. The fourth-order valence-corrected chi connectivity index (χ4v) is 1.89. The first-order valence-corrected chi connectivity index (χ1v) is 6.77. The third-order valence-electron chi connectivity index (χ3n) is 2.94. The van der Waals surface area contributed by atoms with Crippen LogP contribution in [0.25, 0.3) is 0 Å². The van der Waals surface area contributed by atoms with Gasteiger partial charge in [-0.1, -0.05) is 11.6 Å². The van der Waals surface area contributed by atoms with E-state index in [1.807, 2.05) is 0 Å². The second-order valence-electron chi connectivity index (χ2n) is 4.62. The minimum Gasteiger partial charge on any atom is -0.352 e. The Bertz CT molecular complexity index is 519. The standard InChI is InChI=1S/C12H15ClN4O3/c13-11-6-9(10(7-16-11)17(19)20)12(18)15-5-1-4-14-8-2-3-8/h6-8,14H,1-5H2,(H,15,18). The number of pyridine rings is 1. The Labute approximate surface area is 120 Å². The number of hydrogen-bond donors (Lipinski definition) is 2. The van der Waals surface area contributed by atoms with Gasteiger partial charge in [0.15, 0.2) is 0 Å². The molecule has 1 aromatic rings. The van der Waals surface area contributed by atoms with Crippen LogP contribution >= 0.6 is 11.6 Å². The zero-order valence-electron chi connectivity index (χ0n) is 10.8. The van der Waals surface area contributed by atoms with Crippen LogP contribution in [0.1, 0.15) is 29.6 Å². The quantitative estimate of drug-likeness (QED) is 0.344. The monoisotopic (exact) mass is 298 g/mol. The maximum absolute atomic E-state index is 11.9. The average molecular weight is 299 g/mol. The van der Waals surface area contributed by atoms with Gasteiger partial charge in [-0.05, 0) is 31.9 Å². The first kappa shape index (κ1) is 14.7. The van der Waals surface area contributed by atoms with E-state index in [9.17, 15) is 14.9 Å². The summed E-state index contributed by atoms with van der Waals surface area (Å²) in [4.78, 5) is 25.7. The van der Waals surface area contributed by atoms with Crippen LogP contribution in [0.2, 0.25) is 5.15 Å². The smallest absolute Gasteiger partial charge is 0.300 e. The zero-order valence-corrected chi connectivity index (χ0v) is 11.5. The fourth-order valence-electron chi connectivity index (χ4n) is 1.73. The lowest BCUT2D eigenvalue weighted by atomic mass is 10.2. The van der Waals surface area contributed by atoms with Gasteiger partial charge in [-0.3, -0.25) is 14.9 Å². The number of carbonyl (C=O) groups excluding carboxylic acids is 1. The van der Waals surface area contributed by atoms with Crippen LogP contribution in [0.5, 0.6) is 0 Å². The van der Waals surface area contributed by atoms with Crippen molar-refractivity contribution in [2.24, 2.45) is 0 Å². The molecular weight excluding hydrogens is 284 g/mol. The number of nitrogens with one attached hydrogen (secondary N) is 2. The third kappa shape index (κ3) is 4.14. The van der Waals surface area contributed by atoms with E-state index >= 15 is 0 Å². The normalized spacial score (nSPS) is 14.1. The zero-order chi connectivity index (χ0) is 14.5. The minimum absolute atomic E-state index is 0.0520. The van der Waals surface area contributed by atoms with Gasteiger partial charge in [0.1, 0.15) is 16.9 Å². The molecule has 0 bridgehead atoms. The maximum atomic E-state index is 11.9. The van der Waals surface area contributed by atoms with E-state index in [2.05, 4.69) is 15.6 Å². The van der Waals surface area contributed by atoms with Crippen LogP contribution in [-0.4, -0.2) is 34.9 Å². The van der Waals surface area contributed by atoms with Crippen molar-refractivity contribution >= 4 is 23.2 Å². The van der Waals surface area contributed by atoms with Gasteiger partial charge < -0.3 is 10.6 Å². The van der Waals surface area contributed by atoms with Gasteiger partial charge in [-0.25, -0.2) is 4.98 Å². The maximum Gasteiger partial charge on any atom is 0.300 e. The SMILES string of the molecule is O=C(NCCCNC1CC1)c1cc(Cl)ncc1[N+](=O)[O-]. The Balaban J connectivity index is 1.87. The number of nitrogens with zero attached hydrogens (tertiary/aromatic N) is 2. The summed E-state index contributed by atoms with van der Waals surface area (Å²) in [7, 11) is 0. The molecule has 0 atom stereocenters. The van der Waals surface area contributed by atoms with Crippen molar-refractivity contribution in [2.75, 3.05) is 13.1 Å². The van der Waals surface area contributed by atoms with Gasteiger partial charge in [0, 0.05) is 12.6 Å². The predicted molar refractivity (Wildman–Crippen MR) is 73.9 cm³/mol. The molecular formula is C12H15ClN4O3. The van der Waals surface area contributed by atoms with Crippen molar-refractivity contribution < 1.29 is 9.72 Å². The molecule has 0 radical (unpaired) electrons. The Morgan fingerprint density at radius 2 is 2.25 bits per heavy atom. The Morgan fingerprint density at radius 3 is 2.90 bits per heavy atom. The average Bonchev–Trinajstić information content (AvgIpc) is 3.21. The van der Waals surface area contributed by atoms with Gasteiger partial charge in [-0.2, -0.15) is 0 Å². The van der Waals surface area contributed by atoms with Crippen molar-refractivity contribution in [2.45, 2.75) is 25.3 Å². The largest absolute Gasteiger partial charge is 0.352 e. The van der Waals surface area contributed by atoms with E-state index in [1.165, 1.54) is 18.9 Å². The molecule has 1 aliphatic rings. The molecule has 1 heterocycles. The lowest BCUT2D eigenvalue weighted by Crippen LogP contribution is -2.28. The summed E-state index contributed by atoms with van der Waals surface area (Å²) in [6.07, 6.45) is 4.20. The second-order valence-corrected chi connectivity index (χ2v) is 5.01. The summed E-state index contributed by atoms with van der Waals surface area (Å²) < 4.78 is 0. The molecule has 0 aliphatic heterocycles. The summed E-state index contributed by atoms with van der Waals surface area (Å²) in [6, 6.07) is 1.84. The second kappa shape index (κ2) is 6.62. The highest BCUT2D eigenvalue weighted by Crippen LogP contribution is 2.20. The molecule has 1 aliphatic carbocycles. The highest BCUT2D eigenvalue weighted by Gasteiger charge is 2.21. The van der Waals surface area contributed by atoms with E-state index in [0.717, 1.165) is 19.2 Å². The summed E-state index contributed by atoms with van der Waals surface area (Å²) in [5.41, 5.74) is -0.409. The molecule has 108 valence electrons. The number of rotatable bonds is 7. The van der Waals surface area contributed by atoms with Crippen LogP contribution in [0, 0.1) is 10.1 Å². The molecule has 2 N–H and O–H groups in total. The fraction of sp³-hybridized carbons (Fsp3) is 0.500. The first-order chi connectivity index (χ1) is 9.58. The molecule has 1 amide bonds. The van der Waals surface area contributed by atoms with E-state index in [4.69, 9.17) is 11.6 Å². The van der Waals surface area contributed by atoms with Crippen molar-refractivity contribution in [3.63, 3.8) is 0 Å². The van der Waals surface area contributed by atoms with Crippen LogP contribution in [0.3, 0.4) is 0 Å². The van der Waals surface area contributed by atoms with Gasteiger partial charge in [-0.15, -0.1) is 0 Å². The number of amides is 1. The molecule has 1 fully saturated rings. The van der Waals surface area contributed by atoms with Crippen molar-refractivity contribution in [3.05, 3.63) is 33.1 Å². The molecule has 1 saturated carbocycles. The summed E-state index contributed by atoms with van der Waals surface area (Å²) in [5, 5.41) is 16.8. The highest BCUT2D eigenvalue weighted by molar-refractivity contribution is 6.29. The van der Waals surface area contributed by atoms with Gasteiger partial charge >= 0.3 is 0 Å². The molecule has 8 heteroatoms. The van der Waals surface area contributed by atoms with Crippen LogP contribution in [0.15, 0.2) is 12.3 Å². The third-order valence-corrected chi connectivity index (χ3v) is 3.15. The highest BCUT2D eigenvalue weighted by atomic mass is 35.5. The Morgan fingerprint density at radius 1 is 1.50 bits per heavy atom. The summed E-state index contributed by atoms with van der Waals surface area (Å²) >= 11 is 5.67. The van der Waals surface area contributed by atoms with E-state index in [0.29, 0.717) is 12.6 Å². The van der Waals surface area contributed by atoms with Crippen molar-refractivity contribution in [1.82, 2.24) is 15.6 Å². The van der Waals surface area contributed by atoms with Crippen LogP contribution in [-0.2, 0) is 0 Å². The van der Waals surface area contributed by atoms with Crippen molar-refractivity contribution in [3.8, 4) is 0 Å². The first-order valence-electron chi connectivity index (χ1n) is 6.39. The molecule has 2 rings (SSSR count). The van der Waals surface area contributed by atoms with Gasteiger partial charge in [0.2, 0.25) is 0 Å². The molecule has 0 unspecified atom stereocenters. The van der Waals surface area contributed by atoms with E-state index in [-0.39, 0.29) is 16.4 Å². The molecule has 0 aromatic carbocycles.